The lowest BCUT2D eigenvalue weighted by Crippen LogP contribution is -2.01. The maximum atomic E-state index is 10.9. The van der Waals surface area contributed by atoms with Gasteiger partial charge in [-0.05, 0) is 24.3 Å². The summed E-state index contributed by atoms with van der Waals surface area (Å²) in [6.07, 6.45) is 0. The van der Waals surface area contributed by atoms with Crippen molar-refractivity contribution >= 4 is 5.69 Å². The van der Waals surface area contributed by atoms with Gasteiger partial charge in [-0.1, -0.05) is 12.1 Å². The van der Waals surface area contributed by atoms with Gasteiger partial charge in [0.15, 0.2) is 5.75 Å². The molecule has 0 spiro atoms. The third-order valence-corrected chi connectivity index (χ3v) is 2.93. The molecule has 0 aliphatic carbocycles. The van der Waals surface area contributed by atoms with E-state index in [-0.39, 0.29) is 18.0 Å². The second-order valence-electron chi connectivity index (χ2n) is 4.19. The van der Waals surface area contributed by atoms with Crippen LogP contribution in [0.3, 0.4) is 0 Å². The van der Waals surface area contributed by atoms with Crippen molar-refractivity contribution in [1.82, 2.24) is 0 Å². The topological polar surface area (TPSA) is 70.8 Å². The first-order chi connectivity index (χ1) is 10.2. The summed E-state index contributed by atoms with van der Waals surface area (Å²) in [6.45, 7) is 0.144. The molecule has 0 aromatic heterocycles. The molecule has 2 aromatic rings. The van der Waals surface area contributed by atoms with Crippen LogP contribution < -0.4 is 14.2 Å². The molecule has 0 fully saturated rings. The number of nitro groups is 1. The zero-order chi connectivity index (χ0) is 15.2. The zero-order valence-electron chi connectivity index (χ0n) is 11.7. The SMILES string of the molecule is COc1ccc(OC)c(COc2ccccc2[N+](=O)[O-])c1. The van der Waals surface area contributed by atoms with Crippen molar-refractivity contribution < 1.29 is 19.1 Å². The van der Waals surface area contributed by atoms with Gasteiger partial charge in [-0.3, -0.25) is 10.1 Å². The van der Waals surface area contributed by atoms with Gasteiger partial charge in [0.25, 0.3) is 0 Å². The summed E-state index contributed by atoms with van der Waals surface area (Å²) in [6, 6.07) is 11.5. The zero-order valence-corrected chi connectivity index (χ0v) is 11.7. The number of rotatable bonds is 6. The Morgan fingerprint density at radius 2 is 1.81 bits per heavy atom. The van der Waals surface area contributed by atoms with Gasteiger partial charge in [-0.25, -0.2) is 0 Å². The van der Waals surface area contributed by atoms with E-state index in [1.807, 2.05) is 0 Å². The fourth-order valence-corrected chi connectivity index (χ4v) is 1.88. The third-order valence-electron chi connectivity index (χ3n) is 2.93. The summed E-state index contributed by atoms with van der Waals surface area (Å²) in [4.78, 5) is 10.5. The van der Waals surface area contributed by atoms with Gasteiger partial charge in [0.05, 0.1) is 19.1 Å². The van der Waals surface area contributed by atoms with Crippen LogP contribution in [0.1, 0.15) is 5.56 Å². The van der Waals surface area contributed by atoms with Crippen molar-refractivity contribution in [2.75, 3.05) is 14.2 Å². The molecule has 0 N–H and O–H groups in total. The van der Waals surface area contributed by atoms with Crippen LogP contribution in [0, 0.1) is 10.1 Å². The average Bonchev–Trinajstić information content (AvgIpc) is 2.52. The Balaban J connectivity index is 2.22. The molecule has 0 unspecified atom stereocenters. The normalized spacial score (nSPS) is 10.0. The molecular formula is C15H15NO5. The molecule has 0 bridgehead atoms. The number of nitro benzene ring substituents is 1. The van der Waals surface area contributed by atoms with Gasteiger partial charge in [0.2, 0.25) is 0 Å². The van der Waals surface area contributed by atoms with E-state index in [1.54, 1.807) is 50.6 Å². The molecule has 6 heteroatoms. The summed E-state index contributed by atoms with van der Waals surface area (Å²) in [5.74, 6) is 1.51. The van der Waals surface area contributed by atoms with E-state index in [1.165, 1.54) is 6.07 Å². The fraction of sp³-hybridized carbons (Fsp3) is 0.200. The van der Waals surface area contributed by atoms with Crippen LogP contribution in [0.25, 0.3) is 0 Å². The van der Waals surface area contributed by atoms with E-state index in [2.05, 4.69) is 0 Å². The minimum atomic E-state index is -0.474. The van der Waals surface area contributed by atoms with E-state index < -0.39 is 4.92 Å². The molecule has 0 saturated carbocycles. The third kappa shape index (κ3) is 3.42. The number of benzene rings is 2. The van der Waals surface area contributed by atoms with E-state index in [4.69, 9.17) is 14.2 Å². The number of methoxy groups -OCH3 is 2. The molecule has 6 nitrogen and oxygen atoms in total. The van der Waals surface area contributed by atoms with E-state index in [0.717, 1.165) is 5.56 Å². The van der Waals surface area contributed by atoms with Crippen LogP contribution in [-0.2, 0) is 6.61 Å². The largest absolute Gasteiger partial charge is 0.497 e. The Morgan fingerprint density at radius 1 is 1.05 bits per heavy atom. The maximum Gasteiger partial charge on any atom is 0.310 e. The van der Waals surface area contributed by atoms with Crippen molar-refractivity contribution in [2.24, 2.45) is 0 Å². The summed E-state index contributed by atoms with van der Waals surface area (Å²) in [7, 11) is 3.12. The highest BCUT2D eigenvalue weighted by Crippen LogP contribution is 2.29. The molecule has 110 valence electrons. The highest BCUT2D eigenvalue weighted by Gasteiger charge is 2.14. The fourth-order valence-electron chi connectivity index (χ4n) is 1.88. The summed E-state index contributed by atoms with van der Waals surface area (Å²) < 4.78 is 15.9. The molecule has 0 heterocycles. The first-order valence-corrected chi connectivity index (χ1v) is 6.23. The van der Waals surface area contributed by atoms with Crippen molar-refractivity contribution in [3.8, 4) is 17.2 Å². The molecule has 0 atom stereocenters. The minimum absolute atomic E-state index is 0.0700. The lowest BCUT2D eigenvalue weighted by molar-refractivity contribution is -0.385. The van der Waals surface area contributed by atoms with Crippen LogP contribution in [0.5, 0.6) is 17.2 Å². The summed E-state index contributed by atoms with van der Waals surface area (Å²) >= 11 is 0. The standard InChI is InChI=1S/C15H15NO5/c1-19-12-7-8-14(20-2)11(9-12)10-21-15-6-4-3-5-13(15)16(17)18/h3-9H,10H2,1-2H3. The van der Waals surface area contributed by atoms with E-state index in [0.29, 0.717) is 11.5 Å². The monoisotopic (exact) mass is 289 g/mol. The lowest BCUT2D eigenvalue weighted by atomic mass is 10.2. The van der Waals surface area contributed by atoms with Crippen LogP contribution >= 0.6 is 0 Å². The molecule has 0 aliphatic rings. The second-order valence-corrected chi connectivity index (χ2v) is 4.19. The molecule has 0 aliphatic heterocycles. The summed E-state index contributed by atoms with van der Waals surface area (Å²) in [5, 5.41) is 10.9. The van der Waals surface area contributed by atoms with Crippen LogP contribution in [0.4, 0.5) is 5.69 Å². The number of hydrogen-bond acceptors (Lipinski definition) is 5. The van der Waals surface area contributed by atoms with Crippen LogP contribution in [-0.4, -0.2) is 19.1 Å². The minimum Gasteiger partial charge on any atom is -0.497 e. The van der Waals surface area contributed by atoms with E-state index in [9.17, 15) is 10.1 Å². The van der Waals surface area contributed by atoms with Gasteiger partial charge >= 0.3 is 5.69 Å². The Bertz CT molecular complexity index is 642. The second kappa shape index (κ2) is 6.60. The van der Waals surface area contributed by atoms with Crippen LogP contribution in [0.15, 0.2) is 42.5 Å². The molecule has 0 radical (unpaired) electrons. The molecule has 2 aromatic carbocycles. The highest BCUT2D eigenvalue weighted by molar-refractivity contribution is 5.46. The number of hydrogen-bond donors (Lipinski definition) is 0. The van der Waals surface area contributed by atoms with Crippen molar-refractivity contribution in [3.05, 3.63) is 58.1 Å². The first-order valence-electron chi connectivity index (χ1n) is 6.23. The number of nitrogens with zero attached hydrogens (tertiary/aromatic N) is 1. The van der Waals surface area contributed by atoms with Gasteiger partial charge in [0.1, 0.15) is 18.1 Å². The Morgan fingerprint density at radius 3 is 2.48 bits per heavy atom. The average molecular weight is 289 g/mol. The van der Waals surface area contributed by atoms with Crippen molar-refractivity contribution in [2.45, 2.75) is 6.61 Å². The van der Waals surface area contributed by atoms with Gasteiger partial charge in [0, 0.05) is 11.6 Å². The Hall–Kier alpha value is -2.76. The maximum absolute atomic E-state index is 10.9. The smallest absolute Gasteiger partial charge is 0.310 e. The first kappa shape index (κ1) is 14.6. The molecular weight excluding hydrogens is 274 g/mol. The van der Waals surface area contributed by atoms with E-state index >= 15 is 0 Å². The summed E-state index contributed by atoms with van der Waals surface area (Å²) in [5.41, 5.74) is 0.675. The van der Waals surface area contributed by atoms with Crippen molar-refractivity contribution in [1.29, 1.82) is 0 Å². The van der Waals surface area contributed by atoms with Gasteiger partial charge in [-0.2, -0.15) is 0 Å². The Kier molecular flexibility index (Phi) is 4.61. The molecule has 0 amide bonds. The number of para-hydroxylation sites is 2. The molecule has 21 heavy (non-hydrogen) atoms. The van der Waals surface area contributed by atoms with Gasteiger partial charge < -0.3 is 14.2 Å². The van der Waals surface area contributed by atoms with Gasteiger partial charge in [-0.15, -0.1) is 0 Å². The Labute approximate surface area is 122 Å². The number of ether oxygens (including phenoxy) is 3. The van der Waals surface area contributed by atoms with Crippen LogP contribution in [0.2, 0.25) is 0 Å². The lowest BCUT2D eigenvalue weighted by Gasteiger charge is -2.11. The predicted molar refractivity (Wildman–Crippen MR) is 77.0 cm³/mol. The predicted octanol–water partition coefficient (Wildman–Crippen LogP) is 3.19. The highest BCUT2D eigenvalue weighted by atomic mass is 16.6. The molecule has 2 rings (SSSR count). The van der Waals surface area contributed by atoms with Crippen molar-refractivity contribution in [3.63, 3.8) is 0 Å². The quantitative estimate of drug-likeness (QED) is 0.603. The molecule has 0 saturated heterocycles.